The number of nitrogens with one attached hydrogen (secondary N) is 2. The van der Waals surface area contributed by atoms with E-state index in [1.165, 1.54) is 5.56 Å². The average Bonchev–Trinajstić information content (AvgIpc) is 2.89. The smallest absolute Gasteiger partial charge is 0.253 e. The lowest BCUT2D eigenvalue weighted by Gasteiger charge is -2.52. The Bertz CT molecular complexity index is 1050. The van der Waals surface area contributed by atoms with Crippen LogP contribution in [0.25, 0.3) is 0 Å². The van der Waals surface area contributed by atoms with Crippen LogP contribution < -0.4 is 15.4 Å². The number of para-hydroxylation sites is 1. The van der Waals surface area contributed by atoms with E-state index in [1.807, 2.05) is 41.8 Å². The molecule has 0 aromatic heterocycles. The van der Waals surface area contributed by atoms with E-state index in [-0.39, 0.29) is 36.3 Å². The van der Waals surface area contributed by atoms with Crippen molar-refractivity contribution in [3.05, 3.63) is 29.8 Å². The SMILES string of the molecule is CC1(C)C(=O)NC2CCCCC2N1C(=O)CN1CCOC2(CCCCc3ccccc3OCCNC2=O)C1. The van der Waals surface area contributed by atoms with Crippen molar-refractivity contribution in [1.29, 1.82) is 0 Å². The number of piperazine rings is 1. The summed E-state index contributed by atoms with van der Waals surface area (Å²) in [7, 11) is 0. The van der Waals surface area contributed by atoms with Gasteiger partial charge in [0.1, 0.15) is 17.9 Å². The van der Waals surface area contributed by atoms with E-state index in [2.05, 4.69) is 16.7 Å². The second kappa shape index (κ2) is 11.2. The number of hydrogen-bond donors (Lipinski definition) is 2. The Morgan fingerprint density at radius 3 is 2.74 bits per heavy atom. The van der Waals surface area contributed by atoms with Gasteiger partial charge in [0.25, 0.3) is 5.91 Å². The molecule has 1 aromatic carbocycles. The summed E-state index contributed by atoms with van der Waals surface area (Å²) in [6, 6.07) is 8.11. The normalized spacial score (nSPS) is 30.5. The molecule has 1 aliphatic carbocycles. The number of ether oxygens (including phenoxy) is 2. The maximum absolute atomic E-state index is 13.8. The molecule has 3 aliphatic heterocycles. The van der Waals surface area contributed by atoms with Crippen LogP contribution in [0, 0.1) is 0 Å². The molecule has 1 aromatic rings. The second-order valence-electron chi connectivity index (χ2n) is 11.7. The Morgan fingerprint density at radius 1 is 1.05 bits per heavy atom. The molecule has 3 amide bonds. The zero-order valence-electron chi connectivity index (χ0n) is 22.8. The zero-order valence-corrected chi connectivity index (χ0v) is 22.8. The van der Waals surface area contributed by atoms with Crippen LogP contribution in [0.15, 0.2) is 24.3 Å². The number of carbonyl (C=O) groups is 3. The molecule has 9 nitrogen and oxygen atoms in total. The van der Waals surface area contributed by atoms with Crippen molar-refractivity contribution in [2.75, 3.05) is 39.4 Å². The van der Waals surface area contributed by atoms with Gasteiger partial charge in [-0.25, -0.2) is 0 Å². The molecule has 38 heavy (non-hydrogen) atoms. The summed E-state index contributed by atoms with van der Waals surface area (Å²) < 4.78 is 12.2. The molecule has 1 spiro atoms. The predicted octanol–water partition coefficient (Wildman–Crippen LogP) is 2.03. The van der Waals surface area contributed by atoms with E-state index in [1.54, 1.807) is 0 Å². The van der Waals surface area contributed by atoms with Crippen LogP contribution in [0.1, 0.15) is 64.4 Å². The van der Waals surface area contributed by atoms with E-state index in [4.69, 9.17) is 9.47 Å². The Balaban J connectivity index is 1.28. The van der Waals surface area contributed by atoms with Gasteiger partial charge in [-0.3, -0.25) is 19.3 Å². The average molecular weight is 527 g/mol. The van der Waals surface area contributed by atoms with Crippen LogP contribution in [-0.2, 0) is 25.5 Å². The van der Waals surface area contributed by atoms with Gasteiger partial charge >= 0.3 is 0 Å². The molecule has 3 heterocycles. The van der Waals surface area contributed by atoms with Gasteiger partial charge in [-0.05, 0) is 64.0 Å². The Morgan fingerprint density at radius 2 is 1.87 bits per heavy atom. The number of rotatable bonds is 2. The van der Waals surface area contributed by atoms with Gasteiger partial charge in [-0.15, -0.1) is 0 Å². The van der Waals surface area contributed by atoms with Gasteiger partial charge < -0.3 is 25.0 Å². The molecular weight excluding hydrogens is 484 g/mol. The van der Waals surface area contributed by atoms with Gasteiger partial charge in [-0.2, -0.15) is 0 Å². The molecule has 208 valence electrons. The molecule has 1 saturated carbocycles. The molecule has 4 aliphatic rings. The van der Waals surface area contributed by atoms with Crippen molar-refractivity contribution in [2.45, 2.75) is 88.4 Å². The summed E-state index contributed by atoms with van der Waals surface area (Å²) in [4.78, 5) is 44.1. The Hall–Kier alpha value is -2.65. The lowest BCUT2D eigenvalue weighted by Crippen LogP contribution is -2.73. The fourth-order valence-electron chi connectivity index (χ4n) is 6.68. The summed E-state index contributed by atoms with van der Waals surface area (Å²) in [6.07, 6.45) is 7.16. The van der Waals surface area contributed by atoms with Crippen molar-refractivity contribution in [1.82, 2.24) is 20.4 Å². The molecule has 2 N–H and O–H groups in total. The molecule has 0 radical (unpaired) electrons. The third-order valence-electron chi connectivity index (χ3n) is 8.74. The molecule has 5 rings (SSSR count). The maximum atomic E-state index is 13.8. The van der Waals surface area contributed by atoms with Crippen molar-refractivity contribution >= 4 is 17.7 Å². The van der Waals surface area contributed by atoms with Crippen molar-refractivity contribution < 1.29 is 23.9 Å². The summed E-state index contributed by atoms with van der Waals surface area (Å²) >= 11 is 0. The number of aryl methyl sites for hydroxylation is 1. The molecule has 3 fully saturated rings. The predicted molar refractivity (Wildman–Crippen MR) is 143 cm³/mol. The number of hydrogen-bond acceptors (Lipinski definition) is 6. The first-order valence-electron chi connectivity index (χ1n) is 14.3. The van der Waals surface area contributed by atoms with Crippen molar-refractivity contribution in [3.8, 4) is 5.75 Å². The van der Waals surface area contributed by atoms with E-state index in [0.717, 1.165) is 50.7 Å². The highest BCUT2D eigenvalue weighted by Gasteiger charge is 2.51. The topological polar surface area (TPSA) is 100 Å². The number of nitrogens with zero attached hydrogens (tertiary/aromatic N) is 2. The number of benzene rings is 1. The van der Waals surface area contributed by atoms with Gasteiger partial charge in [0, 0.05) is 19.1 Å². The minimum Gasteiger partial charge on any atom is -0.491 e. The summed E-state index contributed by atoms with van der Waals surface area (Å²) in [5.74, 6) is 0.606. The summed E-state index contributed by atoms with van der Waals surface area (Å²) in [5.41, 5.74) is -0.723. The fourth-order valence-corrected chi connectivity index (χ4v) is 6.68. The van der Waals surface area contributed by atoms with Crippen LogP contribution in [0.2, 0.25) is 0 Å². The Labute approximate surface area is 225 Å². The number of morpholine rings is 1. The van der Waals surface area contributed by atoms with E-state index < -0.39 is 11.1 Å². The number of carbonyl (C=O) groups excluding carboxylic acids is 3. The van der Waals surface area contributed by atoms with Crippen molar-refractivity contribution in [2.24, 2.45) is 0 Å². The molecule has 0 bridgehead atoms. The van der Waals surface area contributed by atoms with Gasteiger partial charge in [0.15, 0.2) is 5.60 Å². The first-order valence-corrected chi connectivity index (χ1v) is 14.3. The van der Waals surface area contributed by atoms with Gasteiger partial charge in [-0.1, -0.05) is 31.0 Å². The molecular formula is C29H42N4O5. The highest BCUT2D eigenvalue weighted by molar-refractivity contribution is 5.93. The van der Waals surface area contributed by atoms with Crippen LogP contribution in [0.3, 0.4) is 0 Å². The largest absolute Gasteiger partial charge is 0.491 e. The fraction of sp³-hybridized carbons (Fsp3) is 0.690. The number of fused-ring (bicyclic) bond motifs is 2. The molecule has 3 atom stereocenters. The summed E-state index contributed by atoms with van der Waals surface area (Å²) in [6.45, 7) is 5.94. The summed E-state index contributed by atoms with van der Waals surface area (Å²) in [5, 5.41) is 6.18. The van der Waals surface area contributed by atoms with Gasteiger partial charge in [0.05, 0.1) is 25.7 Å². The lowest BCUT2D eigenvalue weighted by molar-refractivity contribution is -0.168. The Kier molecular flexibility index (Phi) is 7.95. The van der Waals surface area contributed by atoms with Crippen LogP contribution in [0.4, 0.5) is 0 Å². The number of amides is 3. The quantitative estimate of drug-likeness (QED) is 0.612. The third-order valence-corrected chi connectivity index (χ3v) is 8.74. The monoisotopic (exact) mass is 526 g/mol. The van der Waals surface area contributed by atoms with E-state index in [0.29, 0.717) is 39.3 Å². The lowest BCUT2D eigenvalue weighted by atomic mass is 9.82. The highest BCUT2D eigenvalue weighted by atomic mass is 16.5. The highest BCUT2D eigenvalue weighted by Crippen LogP contribution is 2.34. The minimum absolute atomic E-state index is 0.0199. The third kappa shape index (κ3) is 5.41. The van der Waals surface area contributed by atoms with E-state index in [9.17, 15) is 14.4 Å². The van der Waals surface area contributed by atoms with Crippen LogP contribution >= 0.6 is 0 Å². The molecule has 2 saturated heterocycles. The van der Waals surface area contributed by atoms with Gasteiger partial charge in [0.2, 0.25) is 11.8 Å². The maximum Gasteiger partial charge on any atom is 0.253 e. The first-order chi connectivity index (χ1) is 18.3. The van der Waals surface area contributed by atoms with Crippen LogP contribution in [-0.4, -0.2) is 90.1 Å². The molecule has 3 unspecified atom stereocenters. The second-order valence-corrected chi connectivity index (χ2v) is 11.7. The standard InChI is InChI=1S/C29H42N4O5/c1-28(2)26(35)31-22-11-4-5-12-23(22)33(28)25(34)19-32-16-18-38-29(20-32)14-8-7-10-21-9-3-6-13-24(21)37-17-15-30-27(29)36/h3,6,9,13,22-23H,4-5,7-8,10-12,14-20H2,1-2H3,(H,30,36)(H,31,35). The zero-order chi connectivity index (χ0) is 26.8. The first kappa shape index (κ1) is 26.9. The van der Waals surface area contributed by atoms with Crippen molar-refractivity contribution in [3.63, 3.8) is 0 Å². The minimum atomic E-state index is -1.00. The van der Waals surface area contributed by atoms with E-state index >= 15 is 0 Å². The van der Waals surface area contributed by atoms with Crippen LogP contribution in [0.5, 0.6) is 5.75 Å². The molecule has 9 heteroatoms.